The van der Waals surface area contributed by atoms with Crippen LogP contribution in [0.1, 0.15) is 51.4 Å². The van der Waals surface area contributed by atoms with Gasteiger partial charge in [0.1, 0.15) is 0 Å². The van der Waals surface area contributed by atoms with E-state index < -0.39 is 0 Å². The maximum atomic E-state index is 12.7. The molecule has 0 aromatic heterocycles. The highest BCUT2D eigenvalue weighted by molar-refractivity contribution is 8.00. The Hall–Kier alpha value is -0.220. The Balaban J connectivity index is 1.51. The minimum absolute atomic E-state index is 0.115. The third-order valence-corrected chi connectivity index (χ3v) is 6.83. The molecule has 2 unspecified atom stereocenters. The van der Waals surface area contributed by atoms with E-state index in [1.165, 1.54) is 44.3 Å². The van der Waals surface area contributed by atoms with Crippen LogP contribution in [0.4, 0.5) is 0 Å². The molecule has 4 fully saturated rings. The van der Waals surface area contributed by atoms with Crippen LogP contribution in [0.2, 0.25) is 0 Å². The van der Waals surface area contributed by atoms with E-state index in [2.05, 4.69) is 22.0 Å². The lowest BCUT2D eigenvalue weighted by molar-refractivity contribution is -0.131. The first-order chi connectivity index (χ1) is 9.28. The minimum atomic E-state index is -0.115. The summed E-state index contributed by atoms with van der Waals surface area (Å²) in [4.78, 5) is 14.9. The molecule has 4 aliphatic rings. The third kappa shape index (κ3) is 2.11. The number of carbonyl (C=O) groups excluding carboxylic acids is 1. The van der Waals surface area contributed by atoms with E-state index in [-0.39, 0.29) is 5.54 Å². The van der Waals surface area contributed by atoms with Crippen molar-refractivity contribution in [2.75, 3.05) is 12.3 Å². The monoisotopic (exact) mass is 280 g/mol. The van der Waals surface area contributed by atoms with Gasteiger partial charge in [0.2, 0.25) is 5.91 Å². The van der Waals surface area contributed by atoms with Gasteiger partial charge in [-0.05, 0) is 50.2 Å². The predicted octanol–water partition coefficient (Wildman–Crippen LogP) is 2.36. The maximum absolute atomic E-state index is 12.7. The van der Waals surface area contributed by atoms with Crippen LogP contribution in [0.3, 0.4) is 0 Å². The van der Waals surface area contributed by atoms with E-state index in [0.29, 0.717) is 17.3 Å². The molecule has 4 rings (SSSR count). The lowest BCUT2D eigenvalue weighted by Gasteiger charge is -2.30. The van der Waals surface area contributed by atoms with Gasteiger partial charge in [-0.1, -0.05) is 12.8 Å². The van der Waals surface area contributed by atoms with Gasteiger partial charge in [-0.25, -0.2) is 0 Å². The van der Waals surface area contributed by atoms with Crippen molar-refractivity contribution >= 4 is 17.7 Å². The SMILES string of the molecule is O=C1N(CC2CCCS2)C(C2CCCC2)NC12CC2. The molecular weight excluding hydrogens is 256 g/mol. The highest BCUT2D eigenvalue weighted by Crippen LogP contribution is 2.46. The summed E-state index contributed by atoms with van der Waals surface area (Å²) in [5.74, 6) is 2.44. The van der Waals surface area contributed by atoms with Gasteiger partial charge in [-0.2, -0.15) is 11.8 Å². The number of hydrogen-bond donors (Lipinski definition) is 1. The van der Waals surface area contributed by atoms with Crippen LogP contribution in [0.5, 0.6) is 0 Å². The summed E-state index contributed by atoms with van der Waals surface area (Å²) in [6, 6.07) is 0. The Morgan fingerprint density at radius 1 is 1.21 bits per heavy atom. The number of nitrogens with zero attached hydrogens (tertiary/aromatic N) is 1. The van der Waals surface area contributed by atoms with E-state index in [4.69, 9.17) is 0 Å². The topological polar surface area (TPSA) is 32.3 Å². The molecule has 2 atom stereocenters. The number of amides is 1. The second-order valence-corrected chi connectivity index (χ2v) is 8.22. The van der Waals surface area contributed by atoms with E-state index in [0.717, 1.165) is 25.3 Å². The zero-order valence-corrected chi connectivity index (χ0v) is 12.4. The maximum Gasteiger partial charge on any atom is 0.244 e. The van der Waals surface area contributed by atoms with Gasteiger partial charge in [0.25, 0.3) is 0 Å². The van der Waals surface area contributed by atoms with Gasteiger partial charge >= 0.3 is 0 Å². The molecule has 1 amide bonds. The number of carbonyl (C=O) groups is 1. The normalized spacial score (nSPS) is 37.7. The van der Waals surface area contributed by atoms with Gasteiger partial charge in [-0.15, -0.1) is 0 Å². The largest absolute Gasteiger partial charge is 0.324 e. The molecule has 2 heterocycles. The zero-order chi connectivity index (χ0) is 12.9. The van der Waals surface area contributed by atoms with E-state index in [9.17, 15) is 4.79 Å². The van der Waals surface area contributed by atoms with Crippen LogP contribution < -0.4 is 5.32 Å². The zero-order valence-electron chi connectivity index (χ0n) is 11.6. The van der Waals surface area contributed by atoms with Gasteiger partial charge in [0.15, 0.2) is 0 Å². The second-order valence-electron chi connectivity index (χ2n) is 6.81. The van der Waals surface area contributed by atoms with Gasteiger partial charge in [-0.3, -0.25) is 10.1 Å². The van der Waals surface area contributed by atoms with Crippen molar-refractivity contribution in [2.45, 2.75) is 68.3 Å². The van der Waals surface area contributed by atoms with Crippen LogP contribution in [-0.2, 0) is 4.79 Å². The minimum Gasteiger partial charge on any atom is -0.324 e. The molecule has 0 bridgehead atoms. The summed E-state index contributed by atoms with van der Waals surface area (Å²) in [6.45, 7) is 0.999. The standard InChI is InChI=1S/C15H24N2OS/c18-14-15(7-8-15)16-13(11-4-1-2-5-11)17(14)10-12-6-3-9-19-12/h11-13,16H,1-10H2. The quantitative estimate of drug-likeness (QED) is 0.861. The van der Waals surface area contributed by atoms with Crippen molar-refractivity contribution in [2.24, 2.45) is 5.92 Å². The smallest absolute Gasteiger partial charge is 0.244 e. The van der Waals surface area contributed by atoms with E-state index >= 15 is 0 Å². The van der Waals surface area contributed by atoms with Crippen molar-refractivity contribution < 1.29 is 4.79 Å². The highest BCUT2D eigenvalue weighted by Gasteiger charge is 2.60. The Kier molecular flexibility index (Phi) is 3.07. The molecule has 0 aromatic rings. The van der Waals surface area contributed by atoms with Gasteiger partial charge in [0, 0.05) is 11.8 Å². The average molecular weight is 280 g/mol. The Morgan fingerprint density at radius 3 is 2.63 bits per heavy atom. The van der Waals surface area contributed by atoms with Crippen LogP contribution in [-0.4, -0.2) is 40.1 Å². The number of hydrogen-bond acceptors (Lipinski definition) is 3. The summed E-state index contributed by atoms with van der Waals surface area (Å²) in [5, 5.41) is 4.42. The third-order valence-electron chi connectivity index (χ3n) is 5.45. The molecule has 2 aliphatic carbocycles. The molecule has 1 N–H and O–H groups in total. The average Bonchev–Trinajstić information content (AvgIpc) is 2.86. The van der Waals surface area contributed by atoms with Crippen LogP contribution >= 0.6 is 11.8 Å². The highest BCUT2D eigenvalue weighted by atomic mass is 32.2. The van der Waals surface area contributed by atoms with E-state index in [1.54, 1.807) is 0 Å². The molecule has 0 aromatic carbocycles. The number of nitrogens with one attached hydrogen (secondary N) is 1. The fourth-order valence-corrected chi connectivity index (χ4v) is 5.42. The molecule has 2 aliphatic heterocycles. The number of rotatable bonds is 3. The molecule has 3 nitrogen and oxygen atoms in total. The van der Waals surface area contributed by atoms with Crippen molar-refractivity contribution in [1.29, 1.82) is 0 Å². The van der Waals surface area contributed by atoms with Crippen LogP contribution in [0.25, 0.3) is 0 Å². The molecule has 4 heteroatoms. The molecular formula is C15H24N2OS. The van der Waals surface area contributed by atoms with Gasteiger partial charge < -0.3 is 4.90 Å². The molecule has 106 valence electrons. The van der Waals surface area contributed by atoms with Gasteiger partial charge in [0.05, 0.1) is 11.7 Å². The van der Waals surface area contributed by atoms with Crippen molar-refractivity contribution in [3.05, 3.63) is 0 Å². The Morgan fingerprint density at radius 2 is 2.00 bits per heavy atom. The Bertz CT molecular complexity index is 370. The molecule has 2 saturated carbocycles. The molecule has 2 saturated heterocycles. The summed E-state index contributed by atoms with van der Waals surface area (Å²) in [5.41, 5.74) is -0.115. The number of thioether (sulfide) groups is 1. The predicted molar refractivity (Wildman–Crippen MR) is 78.0 cm³/mol. The van der Waals surface area contributed by atoms with Crippen molar-refractivity contribution in [1.82, 2.24) is 10.2 Å². The second kappa shape index (κ2) is 4.66. The summed E-state index contributed by atoms with van der Waals surface area (Å²) >= 11 is 2.07. The lowest BCUT2D eigenvalue weighted by Crippen LogP contribution is -2.45. The van der Waals surface area contributed by atoms with Crippen molar-refractivity contribution in [3.8, 4) is 0 Å². The fourth-order valence-electron chi connectivity index (χ4n) is 4.16. The van der Waals surface area contributed by atoms with Crippen LogP contribution in [0, 0.1) is 5.92 Å². The first-order valence-electron chi connectivity index (χ1n) is 7.99. The lowest BCUT2D eigenvalue weighted by atomic mass is 10.0. The summed E-state index contributed by atoms with van der Waals surface area (Å²) in [7, 11) is 0. The molecule has 19 heavy (non-hydrogen) atoms. The molecule has 0 radical (unpaired) electrons. The van der Waals surface area contributed by atoms with E-state index in [1.807, 2.05) is 0 Å². The Labute approximate surface area is 119 Å². The fraction of sp³-hybridized carbons (Fsp3) is 0.933. The van der Waals surface area contributed by atoms with Crippen molar-refractivity contribution in [3.63, 3.8) is 0 Å². The van der Waals surface area contributed by atoms with Crippen LogP contribution in [0.15, 0.2) is 0 Å². The summed E-state index contributed by atoms with van der Waals surface area (Å²) < 4.78 is 0. The first-order valence-corrected chi connectivity index (χ1v) is 9.04. The first kappa shape index (κ1) is 12.5. The summed E-state index contributed by atoms with van der Waals surface area (Å²) in [6.07, 6.45) is 10.5. The molecule has 1 spiro atoms.